The topological polar surface area (TPSA) is 160 Å². The molecule has 0 atom stereocenters. The van der Waals surface area contributed by atoms with E-state index >= 15 is 0 Å². The third-order valence-electron chi connectivity index (χ3n) is 11.8. The van der Waals surface area contributed by atoms with Crippen LogP contribution >= 0.6 is 135 Å². The summed E-state index contributed by atoms with van der Waals surface area (Å²) >= 11 is 43.9. The number of nitrogens with one attached hydrogen (secondary N) is 3. The summed E-state index contributed by atoms with van der Waals surface area (Å²) in [4.78, 5) is 47.8. The Balaban J connectivity index is 0.000000151. The van der Waals surface area contributed by atoms with Gasteiger partial charge in [-0.15, -0.1) is 45.3 Å². The first-order valence-corrected chi connectivity index (χ1v) is 30.7. The molecule has 3 aliphatic carbocycles. The van der Waals surface area contributed by atoms with Crippen LogP contribution in [0.5, 0.6) is 0 Å². The molecule has 0 aliphatic heterocycles. The number of halogens is 9. The van der Waals surface area contributed by atoms with Crippen LogP contribution in [-0.4, -0.2) is 66.5 Å². The van der Waals surface area contributed by atoms with Crippen molar-refractivity contribution in [2.24, 2.45) is 0 Å². The fourth-order valence-electron chi connectivity index (χ4n) is 7.01. The molecule has 0 saturated heterocycles. The van der Waals surface area contributed by atoms with E-state index in [9.17, 15) is 28.0 Å². The maximum absolute atomic E-state index is 14.2. The fourth-order valence-corrected chi connectivity index (χ4v) is 12.7. The first-order chi connectivity index (χ1) is 36.8. The summed E-state index contributed by atoms with van der Waals surface area (Å²) in [7, 11) is 0. The molecule has 0 bridgehead atoms. The maximum atomic E-state index is 14.2. The van der Waals surface area contributed by atoms with Gasteiger partial charge in [-0.05, 0) is 158 Å². The zero-order valence-electron chi connectivity index (χ0n) is 41.5. The number of alkyl halides is 2. The van der Waals surface area contributed by atoms with Crippen molar-refractivity contribution < 1.29 is 33.1 Å². The number of rotatable bonds is 13. The van der Waals surface area contributed by atoms with Crippen molar-refractivity contribution in [1.29, 1.82) is 0 Å². The zero-order chi connectivity index (χ0) is 56.4. The van der Waals surface area contributed by atoms with Gasteiger partial charge in [-0.3, -0.25) is 14.4 Å². The molecule has 6 heterocycles. The molecular formula is C53H46Br2Cl5F2N7O5S4. The Bertz CT molecular complexity index is 3470. The average Bonchev–Trinajstić information content (AvgIpc) is 4.20. The Labute approximate surface area is 505 Å². The van der Waals surface area contributed by atoms with Crippen molar-refractivity contribution in [3.05, 3.63) is 155 Å². The van der Waals surface area contributed by atoms with Crippen LogP contribution in [0.25, 0.3) is 32.3 Å². The average molecular weight is 1360 g/mol. The summed E-state index contributed by atoms with van der Waals surface area (Å²) in [5.41, 5.74) is 2.45. The Morgan fingerprint density at radius 2 is 0.962 bits per heavy atom. The Kier molecular flexibility index (Phi) is 19.4. The van der Waals surface area contributed by atoms with E-state index in [1.807, 2.05) is 22.9 Å². The summed E-state index contributed by atoms with van der Waals surface area (Å²) in [5, 5.41) is 32.4. The van der Waals surface area contributed by atoms with Crippen LogP contribution in [0.3, 0.4) is 0 Å². The summed E-state index contributed by atoms with van der Waals surface area (Å²) in [6, 6.07) is 14.3. The molecule has 0 spiro atoms. The predicted octanol–water partition coefficient (Wildman–Crippen LogP) is 17.3. The monoisotopic (exact) mass is 1360 g/mol. The van der Waals surface area contributed by atoms with Gasteiger partial charge in [0, 0.05) is 67.5 Å². The van der Waals surface area contributed by atoms with Crippen molar-refractivity contribution in [3.63, 3.8) is 0 Å². The number of nitrogens with zero attached hydrogens (tertiary/aromatic N) is 4. The third-order valence-corrected chi connectivity index (χ3v) is 18.3. The van der Waals surface area contributed by atoms with Gasteiger partial charge in [0.1, 0.15) is 27.0 Å². The van der Waals surface area contributed by atoms with Gasteiger partial charge in [0.05, 0.1) is 62.3 Å². The van der Waals surface area contributed by atoms with Crippen LogP contribution in [0.2, 0.25) is 24.4 Å². The molecule has 3 amide bonds. The Hall–Kier alpha value is -4.19. The number of carboxylic acids is 1. The molecule has 3 aliphatic rings. The van der Waals surface area contributed by atoms with Crippen LogP contribution in [0.15, 0.2) is 97.0 Å². The quantitative estimate of drug-likeness (QED) is 0.0894. The normalized spacial score (nSPS) is 14.0. The van der Waals surface area contributed by atoms with Crippen molar-refractivity contribution in [2.75, 3.05) is 0 Å². The van der Waals surface area contributed by atoms with E-state index in [0.717, 1.165) is 72.5 Å². The first-order valence-electron chi connectivity index (χ1n) is 23.8. The van der Waals surface area contributed by atoms with Gasteiger partial charge < -0.3 is 21.1 Å². The lowest BCUT2D eigenvalue weighted by atomic mass is 10.00. The second kappa shape index (κ2) is 25.3. The van der Waals surface area contributed by atoms with Crippen molar-refractivity contribution in [1.82, 2.24) is 35.5 Å². The van der Waals surface area contributed by atoms with Gasteiger partial charge in [-0.1, -0.05) is 58.0 Å². The standard InChI is InChI=1S/C20H17Cl3FN3OS.C20H18Cl2FN3OS.C8H8BrNOS.C5H3BrO2S/c1-20(2,24)11-5-14(21)17(15(22)6-11)27-9-10(8-25-27)16-7-13(18(23)29-16)19(28)26-12-3-4-12;1-20(2,23)13-6-15(21)18(16(22)7-13)26-9-12(8-24-26)17-5-11(10-28-17)19(27)25-14-3-4-14;9-7-3-5(4-12-7)8(11)10-6-1-2-6;6-4-1-3(2-9-4)5(7)8/h5-9,12H,3-4H2,1-2H3,(H,26,28);5-10,14H,3-4H2,1-2H3,(H,25,27);3-4,6H,1-2H2,(H,10,11);1-2H,(H,7,8). The number of carbonyl (C=O) groups excluding carboxylic acids is 3. The van der Waals surface area contributed by atoms with E-state index < -0.39 is 17.3 Å². The van der Waals surface area contributed by atoms with Crippen molar-refractivity contribution in [3.8, 4) is 32.3 Å². The lowest BCUT2D eigenvalue weighted by molar-refractivity contribution is 0.0696. The number of carboxylic acid groups (broad SMARTS) is 1. The van der Waals surface area contributed by atoms with Crippen LogP contribution in [-0.2, 0) is 11.3 Å². The highest BCUT2D eigenvalue weighted by atomic mass is 79.9. The smallest absolute Gasteiger partial charge is 0.336 e. The van der Waals surface area contributed by atoms with Gasteiger partial charge in [0.2, 0.25) is 0 Å². The molecule has 4 N–H and O–H groups in total. The second-order valence-corrected chi connectivity index (χ2v) is 28.0. The van der Waals surface area contributed by atoms with Gasteiger partial charge >= 0.3 is 5.97 Å². The second-order valence-electron chi connectivity index (χ2n) is 19.2. The van der Waals surface area contributed by atoms with Gasteiger partial charge in [0.25, 0.3) is 17.7 Å². The minimum Gasteiger partial charge on any atom is -0.478 e. The number of benzene rings is 2. The minimum atomic E-state index is -1.56. The minimum absolute atomic E-state index is 0.0482. The molecule has 12 nitrogen and oxygen atoms in total. The van der Waals surface area contributed by atoms with Gasteiger partial charge in [-0.2, -0.15) is 10.2 Å². The molecule has 0 radical (unpaired) electrons. The van der Waals surface area contributed by atoms with Crippen LogP contribution in [0, 0.1) is 0 Å². The van der Waals surface area contributed by atoms with Crippen LogP contribution < -0.4 is 16.0 Å². The summed E-state index contributed by atoms with van der Waals surface area (Å²) in [5.74, 6) is -1.03. The highest BCUT2D eigenvalue weighted by molar-refractivity contribution is 9.11. The maximum Gasteiger partial charge on any atom is 0.336 e. The molecule has 3 saturated carbocycles. The predicted molar refractivity (Wildman–Crippen MR) is 320 cm³/mol. The van der Waals surface area contributed by atoms with E-state index in [4.69, 9.17) is 63.1 Å². The van der Waals surface area contributed by atoms with Crippen LogP contribution in [0.1, 0.15) is 119 Å². The number of thiophene rings is 4. The van der Waals surface area contributed by atoms with Crippen molar-refractivity contribution in [2.45, 2.75) is 95.7 Å². The number of amides is 3. The highest BCUT2D eigenvalue weighted by Crippen LogP contribution is 2.40. The molecule has 2 aromatic carbocycles. The fraction of sp³-hybridized carbons (Fsp3) is 0.283. The summed E-state index contributed by atoms with van der Waals surface area (Å²) < 4.78 is 33.8. The van der Waals surface area contributed by atoms with E-state index in [-0.39, 0.29) is 23.8 Å². The summed E-state index contributed by atoms with van der Waals surface area (Å²) in [6.45, 7) is 5.79. The van der Waals surface area contributed by atoms with E-state index in [2.05, 4.69) is 58.0 Å². The van der Waals surface area contributed by atoms with E-state index in [1.165, 1.54) is 77.7 Å². The Morgan fingerprint density at radius 3 is 1.33 bits per heavy atom. The molecular weight excluding hydrogens is 1320 g/mol. The lowest BCUT2D eigenvalue weighted by Gasteiger charge is -2.17. The SMILES string of the molecule is CC(C)(F)c1cc(Cl)c(-n2cc(-c3cc(C(=O)NC4CC4)c(Cl)s3)cn2)c(Cl)c1.CC(C)(F)c1cc(Cl)c(-n2cc(-c3cc(C(=O)NC4CC4)cs3)cn2)c(Cl)c1.O=C(NC1CC1)c1csc(Br)c1.O=C(O)c1csc(Br)c1. The zero-order valence-corrected chi connectivity index (χ0v) is 51.8. The number of aromatic carboxylic acids is 1. The molecule has 8 aromatic rings. The first kappa shape index (κ1) is 59.9. The molecule has 78 heavy (non-hydrogen) atoms. The van der Waals surface area contributed by atoms with E-state index in [1.54, 1.807) is 71.2 Å². The van der Waals surface area contributed by atoms with Gasteiger partial charge in [0.15, 0.2) is 0 Å². The lowest BCUT2D eigenvalue weighted by Crippen LogP contribution is -2.25. The number of hydrogen-bond acceptors (Lipinski definition) is 10. The number of aromatic nitrogens is 4. The molecule has 0 unspecified atom stereocenters. The largest absolute Gasteiger partial charge is 0.478 e. The summed E-state index contributed by atoms with van der Waals surface area (Å²) in [6.07, 6.45) is 13.3. The molecule has 11 rings (SSSR count). The highest BCUT2D eigenvalue weighted by Gasteiger charge is 2.29. The van der Waals surface area contributed by atoms with Gasteiger partial charge in [-0.25, -0.2) is 22.9 Å². The van der Waals surface area contributed by atoms with E-state index in [0.29, 0.717) is 75.7 Å². The Morgan fingerprint density at radius 1 is 0.577 bits per heavy atom. The van der Waals surface area contributed by atoms with Crippen molar-refractivity contribution >= 4 is 159 Å². The molecule has 6 aromatic heterocycles. The number of carbonyl (C=O) groups is 4. The third kappa shape index (κ3) is 16.0. The molecule has 3 fully saturated rings. The molecule has 410 valence electrons. The molecule has 25 heteroatoms. The van der Waals surface area contributed by atoms with Crippen LogP contribution in [0.4, 0.5) is 8.78 Å². The number of hydrogen-bond donors (Lipinski definition) is 4.